The molecular weight excluding hydrogens is 236 g/mol. The topological polar surface area (TPSA) is 47.7 Å². The molecule has 4 nitrogen and oxygen atoms in total. The minimum Gasteiger partial charge on any atom is -0.377 e. The van der Waals surface area contributed by atoms with Crippen LogP contribution in [0.15, 0.2) is 0 Å². The molecule has 0 aromatic carbocycles. The zero-order chi connectivity index (χ0) is 12.7. The molecule has 1 heterocycles. The smallest absolute Gasteiger partial charge is 0.0971 e. The summed E-state index contributed by atoms with van der Waals surface area (Å²) in [4.78, 5) is 2.42. The van der Waals surface area contributed by atoms with Crippen molar-refractivity contribution in [2.75, 3.05) is 45.4 Å². The molecule has 2 N–H and O–H groups in total. The molecule has 17 heavy (non-hydrogen) atoms. The fourth-order valence-corrected chi connectivity index (χ4v) is 3.06. The monoisotopic (exact) mass is 262 g/mol. The molecule has 1 aliphatic rings. The van der Waals surface area contributed by atoms with Crippen molar-refractivity contribution < 1.29 is 9.47 Å². The second-order valence-electron chi connectivity index (χ2n) is 4.38. The Morgan fingerprint density at radius 1 is 1.29 bits per heavy atom. The molecule has 3 unspecified atom stereocenters. The lowest BCUT2D eigenvalue weighted by molar-refractivity contribution is -0.00461. The molecule has 1 aliphatic heterocycles. The van der Waals surface area contributed by atoms with Gasteiger partial charge < -0.3 is 15.2 Å². The van der Waals surface area contributed by atoms with Crippen LogP contribution in [0.5, 0.6) is 0 Å². The highest BCUT2D eigenvalue weighted by molar-refractivity contribution is 7.99. The van der Waals surface area contributed by atoms with Gasteiger partial charge in [-0.15, -0.1) is 0 Å². The predicted molar refractivity (Wildman–Crippen MR) is 73.6 cm³/mol. The van der Waals surface area contributed by atoms with Crippen molar-refractivity contribution in [3.8, 4) is 0 Å². The van der Waals surface area contributed by atoms with Crippen LogP contribution in [0.25, 0.3) is 0 Å². The van der Waals surface area contributed by atoms with Gasteiger partial charge in [0.1, 0.15) is 0 Å². The molecule has 0 aliphatic carbocycles. The summed E-state index contributed by atoms with van der Waals surface area (Å²) >= 11 is 1.98. The van der Waals surface area contributed by atoms with E-state index >= 15 is 0 Å². The van der Waals surface area contributed by atoms with Crippen molar-refractivity contribution in [1.82, 2.24) is 4.90 Å². The Morgan fingerprint density at radius 3 is 2.29 bits per heavy atom. The first-order chi connectivity index (χ1) is 8.26. The number of hydrogen-bond donors (Lipinski definition) is 1. The molecule has 5 heteroatoms. The summed E-state index contributed by atoms with van der Waals surface area (Å²) in [6, 6.07) is 0.465. The van der Waals surface area contributed by atoms with Gasteiger partial charge in [0, 0.05) is 39.9 Å². The zero-order valence-corrected chi connectivity index (χ0v) is 12.0. The van der Waals surface area contributed by atoms with Crippen molar-refractivity contribution >= 4 is 11.8 Å². The molecule has 102 valence electrons. The first kappa shape index (κ1) is 15.2. The molecule has 0 bridgehead atoms. The molecule has 0 saturated carbocycles. The molecule has 0 aromatic heterocycles. The van der Waals surface area contributed by atoms with Gasteiger partial charge in [0.15, 0.2) is 0 Å². The normalized spacial score (nSPS) is 27.5. The van der Waals surface area contributed by atoms with Crippen LogP contribution < -0.4 is 5.73 Å². The highest BCUT2D eigenvalue weighted by Crippen LogP contribution is 2.20. The summed E-state index contributed by atoms with van der Waals surface area (Å²) in [5.74, 6) is 2.36. The number of nitrogens with zero attached hydrogens (tertiary/aromatic N) is 1. The lowest BCUT2D eigenvalue weighted by atomic mass is 10.2. The fourth-order valence-electron chi connectivity index (χ4n) is 2.34. The number of likely N-dealkylation sites (tertiary alicyclic amines) is 1. The second kappa shape index (κ2) is 8.32. The standard InChI is InChI=1S/C12H26N2O2S/c1-4-17-6-5-10(7-13)14-8-11(15-2)12(9-14)16-3/h10-12H,4-9,13H2,1-3H3. The van der Waals surface area contributed by atoms with Gasteiger partial charge >= 0.3 is 0 Å². The van der Waals surface area contributed by atoms with Gasteiger partial charge in [-0.3, -0.25) is 4.90 Å². The van der Waals surface area contributed by atoms with Gasteiger partial charge in [0.25, 0.3) is 0 Å². The van der Waals surface area contributed by atoms with Gasteiger partial charge in [0.2, 0.25) is 0 Å². The molecule has 1 fully saturated rings. The lowest BCUT2D eigenvalue weighted by Gasteiger charge is -2.26. The molecule has 0 amide bonds. The van der Waals surface area contributed by atoms with Crippen LogP contribution in [0.1, 0.15) is 13.3 Å². The number of methoxy groups -OCH3 is 2. The number of hydrogen-bond acceptors (Lipinski definition) is 5. The maximum atomic E-state index is 5.88. The number of rotatable bonds is 8. The molecule has 0 aromatic rings. The summed E-state index contributed by atoms with van der Waals surface area (Å²) in [6.07, 6.45) is 1.53. The van der Waals surface area contributed by atoms with Crippen molar-refractivity contribution in [2.24, 2.45) is 5.73 Å². The third kappa shape index (κ3) is 4.41. The van der Waals surface area contributed by atoms with Gasteiger partial charge in [-0.2, -0.15) is 11.8 Å². The largest absolute Gasteiger partial charge is 0.377 e. The summed E-state index contributed by atoms with van der Waals surface area (Å²) in [5, 5.41) is 0. The van der Waals surface area contributed by atoms with Crippen LogP contribution in [-0.2, 0) is 9.47 Å². The first-order valence-electron chi connectivity index (χ1n) is 6.34. The molecule has 1 saturated heterocycles. The van der Waals surface area contributed by atoms with E-state index in [-0.39, 0.29) is 12.2 Å². The number of ether oxygens (including phenoxy) is 2. The summed E-state index contributed by atoms with van der Waals surface area (Å²) in [7, 11) is 3.51. The van der Waals surface area contributed by atoms with Crippen LogP contribution >= 0.6 is 11.8 Å². The van der Waals surface area contributed by atoms with Crippen molar-refractivity contribution in [1.29, 1.82) is 0 Å². The second-order valence-corrected chi connectivity index (χ2v) is 5.77. The molecule has 1 rings (SSSR count). The first-order valence-corrected chi connectivity index (χ1v) is 7.49. The maximum Gasteiger partial charge on any atom is 0.0971 e. The average molecular weight is 262 g/mol. The van der Waals surface area contributed by atoms with Crippen LogP contribution in [-0.4, -0.2) is 68.5 Å². The van der Waals surface area contributed by atoms with Gasteiger partial charge in [-0.1, -0.05) is 6.92 Å². The molecule has 0 spiro atoms. The Morgan fingerprint density at radius 2 is 1.88 bits per heavy atom. The van der Waals surface area contributed by atoms with Crippen molar-refractivity contribution in [3.63, 3.8) is 0 Å². The van der Waals surface area contributed by atoms with Gasteiger partial charge in [0.05, 0.1) is 12.2 Å². The van der Waals surface area contributed by atoms with E-state index in [1.54, 1.807) is 14.2 Å². The Balaban J connectivity index is 2.42. The minimum absolute atomic E-state index is 0.188. The summed E-state index contributed by atoms with van der Waals surface area (Å²) in [5.41, 5.74) is 5.88. The highest BCUT2D eigenvalue weighted by Gasteiger charge is 2.35. The Labute approximate surface area is 109 Å². The highest BCUT2D eigenvalue weighted by atomic mass is 32.2. The molecular formula is C12H26N2O2S. The molecule has 3 atom stereocenters. The Hall–Kier alpha value is 0.190. The Kier molecular flexibility index (Phi) is 7.46. The fraction of sp³-hybridized carbons (Fsp3) is 1.00. The third-order valence-corrected chi connectivity index (χ3v) is 4.37. The lowest BCUT2D eigenvalue weighted by Crippen LogP contribution is -2.40. The molecule has 0 radical (unpaired) electrons. The Bertz CT molecular complexity index is 195. The zero-order valence-electron chi connectivity index (χ0n) is 11.2. The SMILES string of the molecule is CCSCCC(CN)N1CC(OC)C(OC)C1. The van der Waals surface area contributed by atoms with Crippen LogP contribution in [0.3, 0.4) is 0 Å². The average Bonchev–Trinajstić information content (AvgIpc) is 2.77. The van der Waals surface area contributed by atoms with Gasteiger partial charge in [-0.05, 0) is 17.9 Å². The van der Waals surface area contributed by atoms with E-state index in [2.05, 4.69) is 11.8 Å². The number of thioether (sulfide) groups is 1. The minimum atomic E-state index is 0.188. The summed E-state index contributed by atoms with van der Waals surface area (Å²) < 4.78 is 10.9. The van der Waals surface area contributed by atoms with Crippen molar-refractivity contribution in [2.45, 2.75) is 31.6 Å². The van der Waals surface area contributed by atoms with E-state index in [4.69, 9.17) is 15.2 Å². The maximum absolute atomic E-state index is 5.88. The van der Waals surface area contributed by atoms with E-state index in [1.165, 1.54) is 11.5 Å². The quantitative estimate of drug-likeness (QED) is 0.656. The van der Waals surface area contributed by atoms with Gasteiger partial charge in [-0.25, -0.2) is 0 Å². The van der Waals surface area contributed by atoms with Crippen LogP contribution in [0.4, 0.5) is 0 Å². The summed E-state index contributed by atoms with van der Waals surface area (Å²) in [6.45, 7) is 4.79. The van der Waals surface area contributed by atoms with Crippen molar-refractivity contribution in [3.05, 3.63) is 0 Å². The van der Waals surface area contributed by atoms with E-state index in [0.29, 0.717) is 6.04 Å². The van der Waals surface area contributed by atoms with Crippen LogP contribution in [0.2, 0.25) is 0 Å². The van der Waals surface area contributed by atoms with Crippen LogP contribution in [0, 0.1) is 0 Å². The van der Waals surface area contributed by atoms with E-state index in [1.807, 2.05) is 11.8 Å². The third-order valence-electron chi connectivity index (χ3n) is 3.44. The van der Waals surface area contributed by atoms with E-state index in [0.717, 1.165) is 26.1 Å². The van der Waals surface area contributed by atoms with E-state index < -0.39 is 0 Å². The predicted octanol–water partition coefficient (Wildman–Crippen LogP) is 0.803. The number of nitrogens with two attached hydrogens (primary N) is 1. The van der Waals surface area contributed by atoms with E-state index in [9.17, 15) is 0 Å².